The second kappa shape index (κ2) is 7.95. The van der Waals surface area contributed by atoms with Gasteiger partial charge in [-0.05, 0) is 13.0 Å². The maximum Gasteiger partial charge on any atom is 0.314 e. The lowest BCUT2D eigenvalue weighted by Crippen LogP contribution is -2.32. The largest absolute Gasteiger partial charge is 0.414 e. The minimum atomic E-state index is -3.70. The lowest BCUT2D eigenvalue weighted by atomic mass is 10.3. The molecule has 0 saturated heterocycles. The van der Waals surface area contributed by atoms with Crippen molar-refractivity contribution in [1.82, 2.24) is 20.2 Å². The van der Waals surface area contributed by atoms with Crippen LogP contribution in [0.3, 0.4) is 0 Å². The van der Waals surface area contributed by atoms with Crippen LogP contribution in [0.4, 0.5) is 14.5 Å². The van der Waals surface area contributed by atoms with E-state index in [0.29, 0.717) is 9.88 Å². The van der Waals surface area contributed by atoms with Crippen molar-refractivity contribution in [2.75, 3.05) is 10.1 Å². The first-order valence-electron chi connectivity index (χ1n) is 7.76. The number of nitrogens with zero attached hydrogens (tertiary/aromatic N) is 6. The summed E-state index contributed by atoms with van der Waals surface area (Å²) in [6, 6.07) is 3.31. The Morgan fingerprint density at radius 3 is 2.75 bits per heavy atom. The van der Waals surface area contributed by atoms with E-state index in [-0.39, 0.29) is 29.4 Å². The van der Waals surface area contributed by atoms with Crippen molar-refractivity contribution in [3.63, 3.8) is 0 Å². The zero-order chi connectivity index (χ0) is 20.3. The van der Waals surface area contributed by atoms with Crippen LogP contribution in [-0.2, 0) is 16.6 Å². The van der Waals surface area contributed by atoms with Crippen molar-refractivity contribution in [2.45, 2.75) is 19.9 Å². The monoisotopic (exact) mass is 426 g/mol. The van der Waals surface area contributed by atoms with Crippen LogP contribution >= 0.6 is 11.3 Å². The van der Waals surface area contributed by atoms with Gasteiger partial charge in [-0.3, -0.25) is 9.29 Å². The smallest absolute Gasteiger partial charge is 0.314 e. The number of alkyl halides is 2. The molecule has 3 aromatic rings. The first kappa shape index (κ1) is 19.8. The molecule has 0 aliphatic rings. The second-order valence-electron chi connectivity index (χ2n) is 5.32. The summed E-state index contributed by atoms with van der Waals surface area (Å²) in [7, 11) is -3.70. The van der Waals surface area contributed by atoms with Gasteiger partial charge in [-0.1, -0.05) is 0 Å². The van der Waals surface area contributed by atoms with Gasteiger partial charge in [0.05, 0.1) is 35.9 Å². The number of halogens is 2. The molecule has 28 heavy (non-hydrogen) atoms. The van der Waals surface area contributed by atoms with Gasteiger partial charge in [-0.25, -0.2) is 13.4 Å². The third-order valence-electron chi connectivity index (χ3n) is 3.51. The minimum Gasteiger partial charge on any atom is -0.414 e. The summed E-state index contributed by atoms with van der Waals surface area (Å²) in [6.45, 7) is 1.36. The van der Waals surface area contributed by atoms with E-state index < -0.39 is 22.3 Å². The summed E-state index contributed by atoms with van der Waals surface area (Å²) in [5.74, 6) is -1.11. The quantitative estimate of drug-likeness (QED) is 0.564. The van der Waals surface area contributed by atoms with E-state index >= 15 is 0 Å². The molecule has 0 fully saturated rings. The molecule has 0 atom stereocenters. The Hall–Kier alpha value is -2.98. The van der Waals surface area contributed by atoms with Crippen molar-refractivity contribution in [3.8, 4) is 16.8 Å². The van der Waals surface area contributed by atoms with Crippen LogP contribution in [0.15, 0.2) is 29.1 Å². The fourth-order valence-corrected chi connectivity index (χ4v) is 4.12. The Labute approximate surface area is 162 Å². The molecule has 146 valence electrons. The van der Waals surface area contributed by atoms with Crippen LogP contribution in [0.1, 0.15) is 29.8 Å². The predicted molar refractivity (Wildman–Crippen MR) is 95.0 cm³/mol. The van der Waals surface area contributed by atoms with E-state index in [9.17, 15) is 17.2 Å². The van der Waals surface area contributed by atoms with E-state index in [1.807, 2.05) is 6.07 Å². The fourth-order valence-electron chi connectivity index (χ4n) is 2.16. The highest BCUT2D eigenvalue weighted by Gasteiger charge is 2.24. The van der Waals surface area contributed by atoms with E-state index in [1.54, 1.807) is 0 Å². The molecule has 3 aromatic heterocycles. The first-order chi connectivity index (χ1) is 13.3. The lowest BCUT2D eigenvalue weighted by molar-refractivity contribution is 0.116. The number of pyridine rings is 1. The Morgan fingerprint density at radius 2 is 2.11 bits per heavy atom. The Bertz CT molecular complexity index is 1120. The molecule has 3 rings (SSSR count). The van der Waals surface area contributed by atoms with Crippen LogP contribution in [0, 0.1) is 11.3 Å². The average molecular weight is 426 g/mol. The lowest BCUT2D eigenvalue weighted by Gasteiger charge is -2.22. The second-order valence-corrected chi connectivity index (χ2v) is 8.61. The molecule has 3 heterocycles. The van der Waals surface area contributed by atoms with E-state index in [0.717, 1.165) is 15.6 Å². The third-order valence-corrected chi connectivity index (χ3v) is 6.22. The van der Waals surface area contributed by atoms with Gasteiger partial charge in [0.1, 0.15) is 16.0 Å². The highest BCUT2D eigenvalue weighted by atomic mass is 32.2. The maximum atomic E-state index is 12.6. The molecule has 13 heteroatoms. The van der Waals surface area contributed by atoms with Gasteiger partial charge < -0.3 is 4.42 Å². The molecule has 0 amide bonds. The van der Waals surface area contributed by atoms with Crippen LogP contribution in [0.25, 0.3) is 10.8 Å². The minimum absolute atomic E-state index is 0.128. The van der Waals surface area contributed by atoms with Crippen molar-refractivity contribution >= 4 is 27.0 Å². The third kappa shape index (κ3) is 4.12. The number of nitriles is 1. The zero-order valence-electron chi connectivity index (χ0n) is 14.3. The zero-order valence-corrected chi connectivity index (χ0v) is 15.9. The summed E-state index contributed by atoms with van der Waals surface area (Å²) < 4.78 is 56.2. The molecular weight excluding hydrogens is 414 g/mol. The number of hydrogen-bond donors (Lipinski definition) is 0. The topological polar surface area (TPSA) is 126 Å². The van der Waals surface area contributed by atoms with Crippen molar-refractivity contribution in [3.05, 3.63) is 41.1 Å². The van der Waals surface area contributed by atoms with Gasteiger partial charge in [-0.15, -0.1) is 21.5 Å². The molecule has 0 saturated carbocycles. The number of sulfonamides is 1. The molecule has 0 aromatic carbocycles. The maximum absolute atomic E-state index is 12.6. The molecule has 0 unspecified atom stereocenters. The average Bonchev–Trinajstić information content (AvgIpc) is 3.35. The summed E-state index contributed by atoms with van der Waals surface area (Å²) in [5.41, 5.74) is 0.425. The highest BCUT2D eigenvalue weighted by Crippen LogP contribution is 2.30. The molecule has 0 spiro atoms. The van der Waals surface area contributed by atoms with E-state index in [2.05, 4.69) is 20.2 Å². The van der Waals surface area contributed by atoms with Crippen molar-refractivity contribution < 1.29 is 21.6 Å². The van der Waals surface area contributed by atoms with Gasteiger partial charge >= 0.3 is 6.43 Å². The number of anilines is 1. The Kier molecular flexibility index (Phi) is 5.61. The Morgan fingerprint density at radius 1 is 1.32 bits per heavy atom. The normalized spacial score (nSPS) is 11.5. The van der Waals surface area contributed by atoms with Gasteiger partial charge in [0.2, 0.25) is 10.0 Å². The summed E-state index contributed by atoms with van der Waals surface area (Å²) in [5, 5.41) is 16.2. The molecular formula is C15H12F2N6O3S2. The highest BCUT2D eigenvalue weighted by molar-refractivity contribution is 7.92. The van der Waals surface area contributed by atoms with Gasteiger partial charge in [0.25, 0.3) is 11.8 Å². The number of hydrogen-bond acceptors (Lipinski definition) is 9. The van der Waals surface area contributed by atoms with Crippen molar-refractivity contribution in [1.29, 1.82) is 5.26 Å². The van der Waals surface area contributed by atoms with Crippen LogP contribution in [0.5, 0.6) is 0 Å². The molecule has 0 N–H and O–H groups in total. The molecule has 0 aliphatic heterocycles. The molecule has 0 bridgehead atoms. The number of aromatic nitrogens is 4. The summed E-state index contributed by atoms with van der Waals surface area (Å²) in [4.78, 5) is 8.33. The fraction of sp³-hybridized carbons (Fsp3) is 0.267. The summed E-state index contributed by atoms with van der Waals surface area (Å²) >= 11 is 1.03. The first-order valence-corrected chi connectivity index (χ1v) is 10.2. The Balaban J connectivity index is 1.91. The van der Waals surface area contributed by atoms with E-state index in [1.165, 1.54) is 31.6 Å². The molecule has 0 radical (unpaired) electrons. The summed E-state index contributed by atoms with van der Waals surface area (Å²) in [6.07, 6.45) is 1.09. The standard InChI is InChI=1S/C15H12F2N6O3S2/c1-2-28(24,25)23(10-3-9(4-18)5-19-6-10)8-12-20-7-11(27-12)14-21-22-15(26-14)13(16)17/h3,5-7,13H,2,8H2,1H3. The molecule has 0 aliphatic carbocycles. The van der Waals surface area contributed by atoms with Gasteiger partial charge in [-0.2, -0.15) is 14.0 Å². The number of thiazole rings is 1. The van der Waals surface area contributed by atoms with Gasteiger partial charge in [0.15, 0.2) is 0 Å². The van der Waals surface area contributed by atoms with Crippen LogP contribution < -0.4 is 4.31 Å². The predicted octanol–water partition coefficient (Wildman–Crippen LogP) is 2.75. The van der Waals surface area contributed by atoms with Crippen LogP contribution in [-0.4, -0.2) is 34.3 Å². The van der Waals surface area contributed by atoms with Crippen LogP contribution in [0.2, 0.25) is 0 Å². The van der Waals surface area contributed by atoms with Crippen molar-refractivity contribution in [2.24, 2.45) is 0 Å². The number of rotatable bonds is 7. The van der Waals surface area contributed by atoms with Gasteiger partial charge in [0, 0.05) is 6.20 Å². The SMILES string of the molecule is CCS(=O)(=O)N(Cc1ncc(-c2nnc(C(F)F)o2)s1)c1cncc(C#N)c1. The molecule has 9 nitrogen and oxygen atoms in total. The van der Waals surface area contributed by atoms with E-state index in [4.69, 9.17) is 9.68 Å².